The van der Waals surface area contributed by atoms with Crippen molar-refractivity contribution in [2.45, 2.75) is 6.54 Å². The van der Waals surface area contributed by atoms with Crippen LogP contribution in [0.15, 0.2) is 73.1 Å². The molecule has 20 heavy (non-hydrogen) atoms. The van der Waals surface area contributed by atoms with E-state index in [1.54, 1.807) is 0 Å². The molecule has 0 fully saturated rings. The van der Waals surface area contributed by atoms with Crippen molar-refractivity contribution >= 4 is 21.8 Å². The molecule has 0 saturated carbocycles. The number of pyridine rings is 1. The summed E-state index contributed by atoms with van der Waals surface area (Å²) in [6, 6.07) is 21.1. The highest BCUT2D eigenvalue weighted by molar-refractivity contribution is 6.06. The Morgan fingerprint density at radius 2 is 1.50 bits per heavy atom. The van der Waals surface area contributed by atoms with Gasteiger partial charge in [0.1, 0.15) is 0 Å². The van der Waals surface area contributed by atoms with Crippen LogP contribution in [0.4, 0.5) is 0 Å². The van der Waals surface area contributed by atoms with Crippen molar-refractivity contribution in [3.05, 3.63) is 78.6 Å². The summed E-state index contributed by atoms with van der Waals surface area (Å²) in [7, 11) is 0. The summed E-state index contributed by atoms with van der Waals surface area (Å²) in [4.78, 5) is 3.46. The summed E-state index contributed by atoms with van der Waals surface area (Å²) in [5, 5.41) is 2.56. The molecule has 0 aliphatic rings. The van der Waals surface area contributed by atoms with Crippen LogP contribution in [0.5, 0.6) is 0 Å². The van der Waals surface area contributed by atoms with Gasteiger partial charge in [0.2, 0.25) is 0 Å². The quantitative estimate of drug-likeness (QED) is 0.530. The monoisotopic (exact) mass is 259 g/mol. The van der Waals surface area contributed by atoms with Crippen LogP contribution < -0.4 is 4.57 Å². The van der Waals surface area contributed by atoms with Gasteiger partial charge in [0.25, 0.3) is 0 Å². The minimum Gasteiger partial charge on any atom is -0.354 e. The van der Waals surface area contributed by atoms with Gasteiger partial charge in [-0.2, -0.15) is 0 Å². The van der Waals surface area contributed by atoms with Gasteiger partial charge in [-0.25, -0.2) is 4.57 Å². The molecule has 2 aromatic heterocycles. The van der Waals surface area contributed by atoms with E-state index in [9.17, 15) is 0 Å². The number of benzene rings is 2. The smallest absolute Gasteiger partial charge is 0.179 e. The lowest BCUT2D eigenvalue weighted by atomic mass is 10.2. The summed E-state index contributed by atoms with van der Waals surface area (Å²) in [5.41, 5.74) is 3.70. The lowest BCUT2D eigenvalue weighted by molar-refractivity contribution is -0.687. The van der Waals surface area contributed by atoms with Crippen LogP contribution >= 0.6 is 0 Å². The molecular weight excluding hydrogens is 244 g/mol. The van der Waals surface area contributed by atoms with Gasteiger partial charge in [-0.3, -0.25) is 0 Å². The van der Waals surface area contributed by atoms with Crippen molar-refractivity contribution < 1.29 is 4.57 Å². The second-order valence-corrected chi connectivity index (χ2v) is 5.10. The zero-order valence-corrected chi connectivity index (χ0v) is 11.1. The minimum absolute atomic E-state index is 0.899. The van der Waals surface area contributed by atoms with Gasteiger partial charge in [0, 0.05) is 22.5 Å². The van der Waals surface area contributed by atoms with E-state index in [1.807, 2.05) is 0 Å². The topological polar surface area (TPSA) is 19.7 Å². The van der Waals surface area contributed by atoms with Gasteiger partial charge in [0.15, 0.2) is 18.9 Å². The molecular formula is C18H15N2+. The fraction of sp³-hybridized carbons (Fsp3) is 0.0556. The normalized spacial score (nSPS) is 11.2. The zero-order chi connectivity index (χ0) is 13.4. The van der Waals surface area contributed by atoms with Crippen LogP contribution in [-0.4, -0.2) is 4.98 Å². The van der Waals surface area contributed by atoms with Gasteiger partial charge in [0.05, 0.1) is 10.9 Å². The maximum Gasteiger partial charge on any atom is 0.179 e. The Bertz CT molecular complexity index is 876. The Morgan fingerprint density at radius 1 is 0.750 bits per heavy atom. The number of fused-ring (bicyclic) bond motifs is 3. The molecule has 0 spiro atoms. The highest BCUT2D eigenvalue weighted by atomic mass is 14.9. The number of aromatic amines is 1. The van der Waals surface area contributed by atoms with Gasteiger partial charge in [-0.1, -0.05) is 48.5 Å². The van der Waals surface area contributed by atoms with E-state index in [1.165, 1.54) is 27.4 Å². The molecule has 0 radical (unpaired) electrons. The molecule has 4 rings (SSSR count). The third-order valence-electron chi connectivity index (χ3n) is 3.71. The number of para-hydroxylation sites is 1. The van der Waals surface area contributed by atoms with Crippen LogP contribution in [0.1, 0.15) is 5.56 Å². The lowest BCUT2D eigenvalue weighted by Gasteiger charge is -1.97. The molecule has 0 saturated heterocycles. The van der Waals surface area contributed by atoms with Crippen molar-refractivity contribution in [1.82, 2.24) is 4.98 Å². The summed E-state index contributed by atoms with van der Waals surface area (Å²) >= 11 is 0. The Balaban J connectivity index is 1.83. The van der Waals surface area contributed by atoms with E-state index in [0.717, 1.165) is 6.54 Å². The second kappa shape index (κ2) is 4.49. The molecule has 2 heteroatoms. The first-order valence-electron chi connectivity index (χ1n) is 6.83. The average Bonchev–Trinajstić information content (AvgIpc) is 2.86. The highest BCUT2D eigenvalue weighted by Crippen LogP contribution is 2.23. The first kappa shape index (κ1) is 11.2. The Morgan fingerprint density at radius 3 is 2.40 bits per heavy atom. The number of hydrogen-bond donors (Lipinski definition) is 1. The summed E-state index contributed by atoms with van der Waals surface area (Å²) in [5.74, 6) is 0. The summed E-state index contributed by atoms with van der Waals surface area (Å²) in [6.07, 6.45) is 4.35. The predicted octanol–water partition coefficient (Wildman–Crippen LogP) is 3.66. The minimum atomic E-state index is 0.899. The van der Waals surface area contributed by atoms with E-state index < -0.39 is 0 Å². The average molecular weight is 259 g/mol. The lowest BCUT2D eigenvalue weighted by Crippen LogP contribution is -2.33. The fourth-order valence-electron chi connectivity index (χ4n) is 2.73. The summed E-state index contributed by atoms with van der Waals surface area (Å²) in [6.45, 7) is 0.899. The van der Waals surface area contributed by atoms with Crippen molar-refractivity contribution in [1.29, 1.82) is 0 Å². The third kappa shape index (κ3) is 1.86. The largest absolute Gasteiger partial charge is 0.354 e. The van der Waals surface area contributed by atoms with Gasteiger partial charge < -0.3 is 4.98 Å². The standard InChI is InChI=1S/C18H14N2/c1-2-6-14(7-3-1)12-20-11-10-18-16(13-20)15-8-4-5-9-17(15)19-18/h1-11,13H,12H2/p+1. The zero-order valence-electron chi connectivity index (χ0n) is 11.1. The number of H-pyrrole nitrogens is 1. The van der Waals surface area contributed by atoms with E-state index in [0.29, 0.717) is 0 Å². The third-order valence-corrected chi connectivity index (χ3v) is 3.71. The molecule has 4 aromatic rings. The van der Waals surface area contributed by atoms with Crippen LogP contribution in [0.2, 0.25) is 0 Å². The van der Waals surface area contributed by atoms with Crippen LogP contribution in [0, 0.1) is 0 Å². The molecule has 0 aliphatic heterocycles. The molecule has 2 aromatic carbocycles. The molecule has 0 atom stereocenters. The van der Waals surface area contributed by atoms with Gasteiger partial charge >= 0.3 is 0 Å². The SMILES string of the molecule is c1ccc(C[n+]2ccc3[nH]c4ccccc4c3c2)cc1. The van der Waals surface area contributed by atoms with Crippen LogP contribution in [0.25, 0.3) is 21.8 Å². The molecule has 0 unspecified atom stereocenters. The summed E-state index contributed by atoms with van der Waals surface area (Å²) < 4.78 is 2.23. The highest BCUT2D eigenvalue weighted by Gasteiger charge is 2.09. The predicted molar refractivity (Wildman–Crippen MR) is 81.5 cm³/mol. The second-order valence-electron chi connectivity index (χ2n) is 5.10. The fourth-order valence-corrected chi connectivity index (χ4v) is 2.73. The Kier molecular flexibility index (Phi) is 2.52. The Hall–Kier alpha value is -2.61. The number of aromatic nitrogens is 2. The van der Waals surface area contributed by atoms with Gasteiger partial charge in [-0.05, 0) is 6.07 Å². The number of rotatable bonds is 2. The number of nitrogens with one attached hydrogen (secondary N) is 1. The first-order valence-corrected chi connectivity index (χ1v) is 6.83. The maximum absolute atomic E-state index is 3.46. The van der Waals surface area contributed by atoms with Crippen LogP contribution in [0.3, 0.4) is 0 Å². The van der Waals surface area contributed by atoms with Crippen LogP contribution in [-0.2, 0) is 6.54 Å². The van der Waals surface area contributed by atoms with E-state index in [4.69, 9.17) is 0 Å². The molecule has 0 amide bonds. The number of nitrogens with zero attached hydrogens (tertiary/aromatic N) is 1. The molecule has 2 heterocycles. The molecule has 1 N–H and O–H groups in total. The molecule has 0 aliphatic carbocycles. The molecule has 96 valence electrons. The molecule has 2 nitrogen and oxygen atoms in total. The van der Waals surface area contributed by atoms with E-state index in [2.05, 4.69) is 82.6 Å². The number of hydrogen-bond acceptors (Lipinski definition) is 0. The molecule has 0 bridgehead atoms. The van der Waals surface area contributed by atoms with Gasteiger partial charge in [-0.15, -0.1) is 0 Å². The first-order chi connectivity index (χ1) is 9.90. The van der Waals surface area contributed by atoms with Crippen molar-refractivity contribution in [2.75, 3.05) is 0 Å². The van der Waals surface area contributed by atoms with Crippen molar-refractivity contribution in [3.8, 4) is 0 Å². The van der Waals surface area contributed by atoms with Crippen molar-refractivity contribution in [2.24, 2.45) is 0 Å². The van der Waals surface area contributed by atoms with E-state index in [-0.39, 0.29) is 0 Å². The maximum atomic E-state index is 3.46. The Labute approximate surface area is 117 Å². The van der Waals surface area contributed by atoms with Crippen molar-refractivity contribution in [3.63, 3.8) is 0 Å². The van der Waals surface area contributed by atoms with E-state index >= 15 is 0 Å².